The molecule has 0 radical (unpaired) electrons. The molecule has 0 spiro atoms. The smallest absolute Gasteiger partial charge is 0.222 e. The molecule has 0 aliphatic carbocycles. The minimum atomic E-state index is -1.00. The molecule has 1 N–H and O–H groups in total. The lowest BCUT2D eigenvalue weighted by atomic mass is 10.3. The molecule has 0 saturated heterocycles. The Morgan fingerprint density at radius 1 is 1.27 bits per heavy atom. The van der Waals surface area contributed by atoms with Crippen molar-refractivity contribution >= 4 is 12.3 Å². The number of halogens is 2. The normalized spacial score (nSPS) is 9.73. The van der Waals surface area contributed by atoms with Crippen LogP contribution in [0.4, 0.5) is 8.78 Å². The molecule has 0 atom stereocenters. The summed E-state index contributed by atoms with van der Waals surface area (Å²) in [5, 5.41) is 0. The van der Waals surface area contributed by atoms with E-state index in [4.69, 9.17) is 4.55 Å². The summed E-state index contributed by atoms with van der Waals surface area (Å²) in [5.41, 5.74) is 0. The molecular formula is C6H4F2O2S. The van der Waals surface area contributed by atoms with E-state index in [1.807, 2.05) is 0 Å². The van der Waals surface area contributed by atoms with Crippen LogP contribution in [0.5, 0.6) is 5.75 Å². The second kappa shape index (κ2) is 3.54. The average molecular weight is 178 g/mol. The lowest BCUT2D eigenvalue weighted by Gasteiger charge is -1.98. The van der Waals surface area contributed by atoms with Gasteiger partial charge in [0.2, 0.25) is 12.3 Å². The molecule has 1 rings (SSSR count). The zero-order chi connectivity index (χ0) is 8.27. The van der Waals surface area contributed by atoms with Crippen molar-refractivity contribution in [3.05, 3.63) is 29.8 Å². The van der Waals surface area contributed by atoms with Gasteiger partial charge in [0.1, 0.15) is 5.75 Å². The highest BCUT2D eigenvalue weighted by atomic mass is 32.2. The van der Waals surface area contributed by atoms with Gasteiger partial charge in [-0.15, -0.1) is 0 Å². The van der Waals surface area contributed by atoms with Gasteiger partial charge < -0.3 is 4.18 Å². The van der Waals surface area contributed by atoms with E-state index in [9.17, 15) is 8.78 Å². The first kappa shape index (κ1) is 8.29. The SMILES string of the molecule is OSOc1ccc(F)c(F)c1. The quantitative estimate of drug-likeness (QED) is 0.705. The van der Waals surface area contributed by atoms with Crippen LogP contribution < -0.4 is 4.18 Å². The van der Waals surface area contributed by atoms with Gasteiger partial charge in [0, 0.05) is 6.07 Å². The fourth-order valence-electron chi connectivity index (χ4n) is 0.572. The van der Waals surface area contributed by atoms with Crippen molar-refractivity contribution in [1.82, 2.24) is 0 Å². The Kier molecular flexibility index (Phi) is 2.67. The number of benzene rings is 1. The summed E-state index contributed by atoms with van der Waals surface area (Å²) < 4.78 is 37.2. The van der Waals surface area contributed by atoms with Crippen LogP contribution in [0, 0.1) is 11.6 Å². The van der Waals surface area contributed by atoms with Crippen molar-refractivity contribution in [1.29, 1.82) is 0 Å². The third kappa shape index (κ3) is 2.06. The second-order valence-electron chi connectivity index (χ2n) is 1.73. The van der Waals surface area contributed by atoms with Crippen molar-refractivity contribution < 1.29 is 17.5 Å². The molecule has 2 nitrogen and oxygen atoms in total. The van der Waals surface area contributed by atoms with Crippen LogP contribution in [0.3, 0.4) is 0 Å². The first-order valence-corrected chi connectivity index (χ1v) is 3.37. The monoisotopic (exact) mass is 178 g/mol. The van der Waals surface area contributed by atoms with E-state index in [-0.39, 0.29) is 18.1 Å². The maximum Gasteiger partial charge on any atom is 0.222 e. The average Bonchev–Trinajstić information content (AvgIpc) is 1.98. The van der Waals surface area contributed by atoms with Crippen molar-refractivity contribution in [3.63, 3.8) is 0 Å². The van der Waals surface area contributed by atoms with E-state index in [0.29, 0.717) is 0 Å². The van der Waals surface area contributed by atoms with Gasteiger partial charge in [-0.05, 0) is 12.1 Å². The summed E-state index contributed by atoms with van der Waals surface area (Å²) in [4.78, 5) is 0. The van der Waals surface area contributed by atoms with Crippen LogP contribution >= 0.6 is 12.3 Å². The zero-order valence-electron chi connectivity index (χ0n) is 5.25. The van der Waals surface area contributed by atoms with Gasteiger partial charge in [-0.2, -0.15) is 0 Å². The highest BCUT2D eigenvalue weighted by Gasteiger charge is 2.02. The van der Waals surface area contributed by atoms with Crippen molar-refractivity contribution in [3.8, 4) is 5.75 Å². The first-order valence-electron chi connectivity index (χ1n) is 2.67. The van der Waals surface area contributed by atoms with E-state index < -0.39 is 11.6 Å². The molecule has 0 amide bonds. The molecule has 1 aromatic carbocycles. The van der Waals surface area contributed by atoms with E-state index in [1.54, 1.807) is 0 Å². The van der Waals surface area contributed by atoms with Gasteiger partial charge in [-0.3, -0.25) is 4.55 Å². The Bertz CT molecular complexity index is 254. The lowest BCUT2D eigenvalue weighted by molar-refractivity contribution is 0.494. The highest BCUT2D eigenvalue weighted by molar-refractivity contribution is 7.89. The Labute approximate surface area is 66.2 Å². The standard InChI is InChI=1S/C6H4F2O2S/c7-5-2-1-4(10-11-9)3-6(5)8/h1-3,9H. The predicted molar refractivity (Wildman–Crippen MR) is 37.2 cm³/mol. The van der Waals surface area contributed by atoms with Crippen LogP contribution in [-0.2, 0) is 0 Å². The molecular weight excluding hydrogens is 174 g/mol. The summed E-state index contributed by atoms with van der Waals surface area (Å²) in [6, 6.07) is 2.97. The minimum Gasteiger partial charge on any atom is -0.400 e. The summed E-state index contributed by atoms with van der Waals surface area (Å²) >= 11 is 0.0802. The third-order valence-electron chi connectivity index (χ3n) is 1.02. The van der Waals surface area contributed by atoms with Gasteiger partial charge in [0.05, 0.1) is 0 Å². The van der Waals surface area contributed by atoms with Crippen LogP contribution in [0.1, 0.15) is 0 Å². The van der Waals surface area contributed by atoms with E-state index in [1.165, 1.54) is 6.07 Å². The molecule has 5 heteroatoms. The molecule has 0 aliphatic heterocycles. The molecule has 60 valence electrons. The van der Waals surface area contributed by atoms with Gasteiger partial charge in [0.25, 0.3) is 0 Å². The van der Waals surface area contributed by atoms with E-state index >= 15 is 0 Å². The molecule has 0 aliphatic rings. The second-order valence-corrected chi connectivity index (χ2v) is 2.05. The fraction of sp³-hybridized carbons (Fsp3) is 0. The number of hydrogen-bond acceptors (Lipinski definition) is 3. The third-order valence-corrected chi connectivity index (χ3v) is 1.29. The van der Waals surface area contributed by atoms with Gasteiger partial charge in [-0.1, -0.05) is 0 Å². The number of rotatable bonds is 2. The van der Waals surface area contributed by atoms with Crippen LogP contribution in [0.25, 0.3) is 0 Å². The maximum atomic E-state index is 12.4. The van der Waals surface area contributed by atoms with Gasteiger partial charge in [-0.25, -0.2) is 8.78 Å². The summed E-state index contributed by atoms with van der Waals surface area (Å²) in [6.07, 6.45) is 0. The predicted octanol–water partition coefficient (Wildman–Crippen LogP) is 2.46. The van der Waals surface area contributed by atoms with Crippen LogP contribution in [0.15, 0.2) is 18.2 Å². The minimum absolute atomic E-state index is 0.0661. The van der Waals surface area contributed by atoms with Crippen LogP contribution in [-0.4, -0.2) is 4.55 Å². The summed E-state index contributed by atoms with van der Waals surface area (Å²) in [5.74, 6) is -1.88. The van der Waals surface area contributed by atoms with E-state index in [0.717, 1.165) is 12.1 Å². The molecule has 0 bridgehead atoms. The molecule has 1 aromatic rings. The Balaban J connectivity index is 2.86. The van der Waals surface area contributed by atoms with Gasteiger partial charge >= 0.3 is 0 Å². The van der Waals surface area contributed by atoms with Crippen LogP contribution in [0.2, 0.25) is 0 Å². The Morgan fingerprint density at radius 2 is 2.00 bits per heavy atom. The largest absolute Gasteiger partial charge is 0.400 e. The van der Waals surface area contributed by atoms with E-state index in [2.05, 4.69) is 4.18 Å². The molecule has 0 aromatic heterocycles. The highest BCUT2D eigenvalue weighted by Crippen LogP contribution is 2.17. The first-order chi connectivity index (χ1) is 5.24. The number of hydrogen-bond donors (Lipinski definition) is 1. The van der Waals surface area contributed by atoms with Gasteiger partial charge in [0.15, 0.2) is 11.6 Å². The molecule has 0 unspecified atom stereocenters. The summed E-state index contributed by atoms with van der Waals surface area (Å²) in [7, 11) is 0. The maximum absolute atomic E-state index is 12.4. The molecule has 0 heterocycles. The topological polar surface area (TPSA) is 29.5 Å². The fourth-order valence-corrected chi connectivity index (χ4v) is 0.761. The van der Waals surface area contributed by atoms with Crippen molar-refractivity contribution in [2.45, 2.75) is 0 Å². The van der Waals surface area contributed by atoms with Crippen molar-refractivity contribution in [2.24, 2.45) is 0 Å². The summed E-state index contributed by atoms with van der Waals surface area (Å²) in [6.45, 7) is 0. The lowest BCUT2D eigenvalue weighted by Crippen LogP contribution is -1.85. The molecule has 11 heavy (non-hydrogen) atoms. The Morgan fingerprint density at radius 3 is 2.55 bits per heavy atom. The Hall–Kier alpha value is -0.810. The van der Waals surface area contributed by atoms with Crippen molar-refractivity contribution in [2.75, 3.05) is 0 Å². The molecule has 0 fully saturated rings. The zero-order valence-corrected chi connectivity index (χ0v) is 6.07. The molecule has 0 saturated carbocycles.